The lowest BCUT2D eigenvalue weighted by Crippen LogP contribution is -2.04. The zero-order valence-corrected chi connectivity index (χ0v) is 8.99. The number of aryl methyl sites for hydroxylation is 1. The van der Waals surface area contributed by atoms with Gasteiger partial charge in [0.1, 0.15) is 11.8 Å². The van der Waals surface area contributed by atoms with Crippen LogP contribution in [0.15, 0.2) is 30.6 Å². The van der Waals surface area contributed by atoms with Gasteiger partial charge in [0.2, 0.25) is 5.82 Å². The van der Waals surface area contributed by atoms with Crippen LogP contribution in [0.5, 0.6) is 0 Å². The number of rotatable bonds is 2. The number of nitrogens with zero attached hydrogens (tertiary/aromatic N) is 4. The number of hydrogen-bond donors (Lipinski definition) is 0. The van der Waals surface area contributed by atoms with E-state index in [4.69, 9.17) is 5.26 Å². The molecule has 2 aromatic heterocycles. The maximum Gasteiger partial charge on any atom is 0.312 e. The lowest BCUT2D eigenvalue weighted by molar-refractivity contribution is -0.384. The molecule has 84 valence electrons. The molecule has 0 fully saturated rings. The van der Waals surface area contributed by atoms with Crippen LogP contribution in [0.4, 0.5) is 5.69 Å². The normalized spacial score (nSPS) is 9.88. The Balaban J connectivity index is 2.68. The molecule has 0 saturated heterocycles. The summed E-state index contributed by atoms with van der Waals surface area (Å²) in [7, 11) is 0. The van der Waals surface area contributed by atoms with Gasteiger partial charge in [-0.2, -0.15) is 5.26 Å². The Labute approximate surface area is 96.9 Å². The number of nitriles is 1. The highest BCUT2D eigenvalue weighted by molar-refractivity contribution is 5.50. The molecule has 6 nitrogen and oxygen atoms in total. The molecule has 0 spiro atoms. The van der Waals surface area contributed by atoms with Crippen LogP contribution in [0.1, 0.15) is 11.3 Å². The fourth-order valence-electron chi connectivity index (χ4n) is 1.52. The van der Waals surface area contributed by atoms with E-state index in [0.29, 0.717) is 11.3 Å². The molecule has 2 rings (SSSR count). The Kier molecular flexibility index (Phi) is 2.58. The average molecular weight is 228 g/mol. The largest absolute Gasteiger partial charge is 0.312 e. The van der Waals surface area contributed by atoms with E-state index in [9.17, 15) is 10.1 Å². The van der Waals surface area contributed by atoms with E-state index in [0.717, 1.165) is 0 Å². The minimum absolute atomic E-state index is 0.113. The van der Waals surface area contributed by atoms with Crippen LogP contribution in [0.2, 0.25) is 0 Å². The Morgan fingerprint density at radius 2 is 2.35 bits per heavy atom. The molecule has 0 bridgehead atoms. The van der Waals surface area contributed by atoms with Crippen molar-refractivity contribution in [3.63, 3.8) is 0 Å². The smallest absolute Gasteiger partial charge is 0.287 e. The van der Waals surface area contributed by atoms with E-state index in [1.807, 2.05) is 6.07 Å². The molecular formula is C11H8N4O2. The Bertz CT molecular complexity index is 625. The van der Waals surface area contributed by atoms with Gasteiger partial charge >= 0.3 is 5.69 Å². The fourth-order valence-corrected chi connectivity index (χ4v) is 1.52. The second-order valence-corrected chi connectivity index (χ2v) is 3.49. The molecule has 0 saturated carbocycles. The summed E-state index contributed by atoms with van der Waals surface area (Å²) in [4.78, 5) is 14.5. The molecular weight excluding hydrogens is 220 g/mol. The van der Waals surface area contributed by atoms with Crippen LogP contribution < -0.4 is 0 Å². The van der Waals surface area contributed by atoms with Gasteiger partial charge in [-0.05, 0) is 24.6 Å². The van der Waals surface area contributed by atoms with Crippen molar-refractivity contribution in [3.05, 3.63) is 52.0 Å². The van der Waals surface area contributed by atoms with E-state index in [1.54, 1.807) is 25.3 Å². The van der Waals surface area contributed by atoms with Crippen molar-refractivity contribution in [2.45, 2.75) is 6.92 Å². The molecule has 0 radical (unpaired) electrons. The highest BCUT2D eigenvalue weighted by atomic mass is 16.6. The van der Waals surface area contributed by atoms with E-state index in [2.05, 4.69) is 4.98 Å². The predicted octanol–water partition coefficient (Wildman–Crippen LogP) is 1.96. The molecule has 0 amide bonds. The van der Waals surface area contributed by atoms with Crippen LogP contribution >= 0.6 is 0 Å². The van der Waals surface area contributed by atoms with E-state index < -0.39 is 4.92 Å². The third-order valence-corrected chi connectivity index (χ3v) is 2.27. The summed E-state index contributed by atoms with van der Waals surface area (Å²) >= 11 is 0. The molecule has 0 aromatic carbocycles. The highest BCUT2D eigenvalue weighted by Crippen LogP contribution is 2.22. The van der Waals surface area contributed by atoms with Gasteiger partial charge in [0.25, 0.3) is 0 Å². The first-order valence-electron chi connectivity index (χ1n) is 4.82. The van der Waals surface area contributed by atoms with Gasteiger partial charge in [-0.1, -0.05) is 0 Å². The second kappa shape index (κ2) is 4.06. The van der Waals surface area contributed by atoms with Crippen molar-refractivity contribution in [2.24, 2.45) is 0 Å². The maximum absolute atomic E-state index is 10.9. The molecule has 6 heteroatoms. The van der Waals surface area contributed by atoms with Crippen LogP contribution in [-0.2, 0) is 0 Å². The third-order valence-electron chi connectivity index (χ3n) is 2.27. The molecule has 0 aliphatic rings. The van der Waals surface area contributed by atoms with Gasteiger partial charge < -0.3 is 0 Å². The average Bonchev–Trinajstić information content (AvgIpc) is 2.76. The summed E-state index contributed by atoms with van der Waals surface area (Å²) in [5.41, 5.74) is 0.897. The molecule has 0 aliphatic heterocycles. The molecule has 0 unspecified atom stereocenters. The van der Waals surface area contributed by atoms with Gasteiger partial charge in [0, 0.05) is 18.5 Å². The minimum Gasteiger partial charge on any atom is -0.287 e. The van der Waals surface area contributed by atoms with E-state index in [1.165, 1.54) is 16.8 Å². The first-order chi connectivity index (χ1) is 8.13. The summed E-state index contributed by atoms with van der Waals surface area (Å²) < 4.78 is 1.40. The first-order valence-corrected chi connectivity index (χ1v) is 4.82. The van der Waals surface area contributed by atoms with Gasteiger partial charge in [-0.15, -0.1) is 0 Å². The summed E-state index contributed by atoms with van der Waals surface area (Å²) in [5.74, 6) is 0.155. The van der Waals surface area contributed by atoms with Crippen molar-refractivity contribution < 1.29 is 4.92 Å². The molecule has 0 N–H and O–H groups in total. The fraction of sp³-hybridized carbons (Fsp3) is 0.0909. The van der Waals surface area contributed by atoms with Crippen LogP contribution in [0, 0.1) is 28.4 Å². The van der Waals surface area contributed by atoms with Crippen molar-refractivity contribution in [1.82, 2.24) is 9.55 Å². The predicted molar refractivity (Wildman–Crippen MR) is 59.7 cm³/mol. The molecule has 17 heavy (non-hydrogen) atoms. The van der Waals surface area contributed by atoms with E-state index in [-0.39, 0.29) is 11.5 Å². The number of pyridine rings is 1. The Hall–Kier alpha value is -2.68. The Morgan fingerprint density at radius 3 is 3.00 bits per heavy atom. The van der Waals surface area contributed by atoms with Gasteiger partial charge in [-0.3, -0.25) is 14.7 Å². The molecule has 0 aliphatic carbocycles. The first kappa shape index (κ1) is 10.8. The molecule has 0 atom stereocenters. The third kappa shape index (κ3) is 1.86. The maximum atomic E-state index is 10.9. The Morgan fingerprint density at radius 1 is 1.59 bits per heavy atom. The SMILES string of the molecule is Cc1cnc(-n2cccc2C#N)c([N+](=O)[O-])c1. The topological polar surface area (TPSA) is 84.8 Å². The van der Waals surface area contributed by atoms with E-state index >= 15 is 0 Å². The van der Waals surface area contributed by atoms with Crippen molar-refractivity contribution >= 4 is 5.69 Å². The quantitative estimate of drug-likeness (QED) is 0.580. The molecule has 2 heterocycles. The second-order valence-electron chi connectivity index (χ2n) is 3.49. The van der Waals surface area contributed by atoms with Crippen molar-refractivity contribution in [1.29, 1.82) is 5.26 Å². The molecule has 2 aromatic rings. The summed E-state index contributed by atoms with van der Waals surface area (Å²) in [5, 5.41) is 19.8. The lowest BCUT2D eigenvalue weighted by atomic mass is 10.3. The van der Waals surface area contributed by atoms with Crippen LogP contribution in [0.25, 0.3) is 5.82 Å². The standard InChI is InChI=1S/C11H8N4O2/c1-8-5-10(15(16)17)11(13-7-8)14-4-2-3-9(14)6-12/h2-5,7H,1H3. The van der Waals surface area contributed by atoms with Gasteiger partial charge in [0.05, 0.1) is 4.92 Å². The van der Waals surface area contributed by atoms with Crippen molar-refractivity contribution in [2.75, 3.05) is 0 Å². The van der Waals surface area contributed by atoms with Crippen LogP contribution in [-0.4, -0.2) is 14.5 Å². The van der Waals surface area contributed by atoms with Gasteiger partial charge in [0.15, 0.2) is 0 Å². The summed E-state index contributed by atoms with van der Waals surface area (Å²) in [6, 6.07) is 6.61. The minimum atomic E-state index is -0.503. The lowest BCUT2D eigenvalue weighted by Gasteiger charge is -2.04. The number of hydrogen-bond acceptors (Lipinski definition) is 4. The van der Waals surface area contributed by atoms with Crippen LogP contribution in [0.3, 0.4) is 0 Å². The number of nitro groups is 1. The van der Waals surface area contributed by atoms with Crippen molar-refractivity contribution in [3.8, 4) is 11.9 Å². The summed E-state index contributed by atoms with van der Waals surface area (Å²) in [6.45, 7) is 1.73. The van der Waals surface area contributed by atoms with Gasteiger partial charge in [-0.25, -0.2) is 4.98 Å². The zero-order valence-electron chi connectivity index (χ0n) is 8.99. The zero-order chi connectivity index (χ0) is 12.4. The highest BCUT2D eigenvalue weighted by Gasteiger charge is 2.18. The monoisotopic (exact) mass is 228 g/mol. The summed E-state index contributed by atoms with van der Waals surface area (Å²) in [6.07, 6.45) is 3.10. The number of aromatic nitrogens is 2.